The molecule has 0 spiro atoms. The molecule has 1 aliphatic rings. The van der Waals surface area contributed by atoms with Gasteiger partial charge >= 0.3 is 5.76 Å². The number of rotatable bonds is 4. The second-order valence-electron chi connectivity index (χ2n) is 6.15. The summed E-state index contributed by atoms with van der Waals surface area (Å²) in [6, 6.07) is 5.26. The van der Waals surface area contributed by atoms with Crippen LogP contribution in [0, 0.1) is 0 Å². The lowest BCUT2D eigenvalue weighted by Gasteiger charge is -2.30. The van der Waals surface area contributed by atoms with Crippen molar-refractivity contribution in [1.29, 1.82) is 0 Å². The highest BCUT2D eigenvalue weighted by atomic mass is 32.2. The van der Waals surface area contributed by atoms with Gasteiger partial charge in [0.15, 0.2) is 11.4 Å². The fourth-order valence-corrected chi connectivity index (χ4v) is 4.63. The molecule has 0 amide bonds. The lowest BCUT2D eigenvalue weighted by atomic mass is 10.1. The molecule has 2 aromatic rings. The molecule has 1 fully saturated rings. The number of carbonyl (C=O) groups excluding carboxylic acids is 2. The average molecular weight is 380 g/mol. The van der Waals surface area contributed by atoms with Crippen LogP contribution in [0.5, 0.6) is 0 Å². The van der Waals surface area contributed by atoms with Crippen molar-refractivity contribution in [2.24, 2.45) is 7.05 Å². The molecule has 1 aromatic carbocycles. The second-order valence-corrected chi connectivity index (χ2v) is 8.38. The minimum Gasteiger partial charge on any atom is -0.408 e. The minimum atomic E-state index is -0.462. The molecule has 2 heterocycles. The van der Waals surface area contributed by atoms with Gasteiger partial charge in [0.2, 0.25) is 0 Å². The van der Waals surface area contributed by atoms with Crippen molar-refractivity contribution >= 4 is 45.0 Å². The van der Waals surface area contributed by atoms with Gasteiger partial charge in [0, 0.05) is 37.1 Å². The molecular weight excluding hydrogens is 360 g/mol. The van der Waals surface area contributed by atoms with Gasteiger partial charge in [-0.1, -0.05) is 18.2 Å². The first-order valence-corrected chi connectivity index (χ1v) is 9.96. The molecule has 0 aliphatic carbocycles. The number of benzene rings is 1. The van der Waals surface area contributed by atoms with Crippen molar-refractivity contribution in [3.05, 3.63) is 34.3 Å². The second kappa shape index (κ2) is 7.80. The SMILES string of the molecule is CC1CCCCN1SC(=O)SCC(=O)c1ccc2oc(=O)n(C)c2c1. The first-order chi connectivity index (χ1) is 12.0. The summed E-state index contributed by atoms with van der Waals surface area (Å²) in [6.07, 6.45) is 3.42. The summed E-state index contributed by atoms with van der Waals surface area (Å²) in [5.41, 5.74) is 1.49. The number of Topliss-reactive ketones (excluding diaryl/α,β-unsaturated/α-hetero) is 1. The van der Waals surface area contributed by atoms with Crippen molar-refractivity contribution < 1.29 is 14.0 Å². The Morgan fingerprint density at radius 3 is 2.88 bits per heavy atom. The largest absolute Gasteiger partial charge is 0.419 e. The van der Waals surface area contributed by atoms with E-state index < -0.39 is 5.76 Å². The first kappa shape index (κ1) is 18.3. The Morgan fingerprint density at radius 1 is 1.32 bits per heavy atom. The Morgan fingerprint density at radius 2 is 2.12 bits per heavy atom. The van der Waals surface area contributed by atoms with Gasteiger partial charge < -0.3 is 4.42 Å². The van der Waals surface area contributed by atoms with E-state index in [2.05, 4.69) is 11.2 Å². The number of aromatic nitrogens is 1. The normalized spacial score (nSPS) is 18.6. The van der Waals surface area contributed by atoms with Crippen molar-refractivity contribution in [2.45, 2.75) is 32.2 Å². The van der Waals surface area contributed by atoms with E-state index in [4.69, 9.17) is 4.42 Å². The van der Waals surface area contributed by atoms with Gasteiger partial charge in [-0.3, -0.25) is 14.2 Å². The Hall–Kier alpha value is -1.51. The molecular formula is C17H20N2O4S2. The third-order valence-electron chi connectivity index (χ3n) is 4.37. The van der Waals surface area contributed by atoms with Crippen LogP contribution in [0.2, 0.25) is 0 Å². The van der Waals surface area contributed by atoms with Crippen LogP contribution in [0.15, 0.2) is 27.4 Å². The highest BCUT2D eigenvalue weighted by Crippen LogP contribution is 2.29. The average Bonchev–Trinajstić information content (AvgIpc) is 2.89. The van der Waals surface area contributed by atoms with Gasteiger partial charge in [-0.2, -0.15) is 0 Å². The summed E-state index contributed by atoms with van der Waals surface area (Å²) in [4.78, 5) is 36.0. The van der Waals surface area contributed by atoms with Crippen molar-refractivity contribution in [2.75, 3.05) is 12.3 Å². The van der Waals surface area contributed by atoms with E-state index in [9.17, 15) is 14.4 Å². The molecule has 1 atom stereocenters. The fraction of sp³-hybridized carbons (Fsp3) is 0.471. The maximum atomic E-state index is 12.4. The van der Waals surface area contributed by atoms with Crippen LogP contribution in [0.4, 0.5) is 4.79 Å². The maximum absolute atomic E-state index is 12.4. The number of thioether (sulfide) groups is 1. The molecule has 8 heteroatoms. The molecule has 0 saturated carbocycles. The van der Waals surface area contributed by atoms with Gasteiger partial charge in [-0.05, 0) is 38.0 Å². The van der Waals surface area contributed by atoms with Crippen LogP contribution in [0.25, 0.3) is 11.1 Å². The Kier molecular flexibility index (Phi) is 5.71. The number of hydrogen-bond donors (Lipinski definition) is 0. The Labute approximate surface area is 154 Å². The summed E-state index contributed by atoms with van der Waals surface area (Å²) in [7, 11) is 1.59. The lowest BCUT2D eigenvalue weighted by Crippen LogP contribution is -2.32. The third-order valence-corrected chi connectivity index (χ3v) is 6.51. The quantitative estimate of drug-likeness (QED) is 0.591. The van der Waals surface area contributed by atoms with Crippen LogP contribution < -0.4 is 5.76 Å². The molecule has 1 unspecified atom stereocenters. The van der Waals surface area contributed by atoms with E-state index in [1.54, 1.807) is 25.2 Å². The molecule has 1 saturated heterocycles. The van der Waals surface area contributed by atoms with E-state index in [-0.39, 0.29) is 16.0 Å². The fourth-order valence-electron chi connectivity index (χ4n) is 2.84. The molecule has 6 nitrogen and oxygen atoms in total. The standard InChI is InChI=1S/C17H20N2O4S2/c1-11-5-3-4-8-19(11)25-17(22)24-10-14(20)12-6-7-15-13(9-12)18(2)16(21)23-15/h6-7,9,11H,3-5,8,10H2,1-2H3. The van der Waals surface area contributed by atoms with E-state index in [1.807, 2.05) is 0 Å². The molecule has 0 radical (unpaired) electrons. The van der Waals surface area contributed by atoms with E-state index in [0.717, 1.165) is 31.1 Å². The van der Waals surface area contributed by atoms with Gasteiger partial charge in [-0.15, -0.1) is 0 Å². The van der Waals surface area contributed by atoms with Crippen LogP contribution in [0.1, 0.15) is 36.5 Å². The monoisotopic (exact) mass is 380 g/mol. The molecule has 0 bridgehead atoms. The van der Waals surface area contributed by atoms with E-state index in [0.29, 0.717) is 22.7 Å². The smallest absolute Gasteiger partial charge is 0.408 e. The van der Waals surface area contributed by atoms with Crippen molar-refractivity contribution in [3.8, 4) is 0 Å². The summed E-state index contributed by atoms with van der Waals surface area (Å²) in [6.45, 7) is 3.04. The lowest BCUT2D eigenvalue weighted by molar-refractivity contribution is 0.102. The summed E-state index contributed by atoms with van der Waals surface area (Å²) < 4.78 is 8.46. The topological polar surface area (TPSA) is 72.5 Å². The zero-order chi connectivity index (χ0) is 18.0. The van der Waals surface area contributed by atoms with Crippen LogP contribution >= 0.6 is 23.7 Å². The zero-order valence-electron chi connectivity index (χ0n) is 14.2. The van der Waals surface area contributed by atoms with E-state index in [1.165, 1.54) is 22.9 Å². The molecule has 25 heavy (non-hydrogen) atoms. The van der Waals surface area contributed by atoms with Crippen molar-refractivity contribution in [1.82, 2.24) is 8.87 Å². The first-order valence-electron chi connectivity index (χ1n) is 8.20. The van der Waals surface area contributed by atoms with Gasteiger partial charge in [-0.25, -0.2) is 9.10 Å². The Bertz CT molecular complexity index is 858. The van der Waals surface area contributed by atoms with E-state index >= 15 is 0 Å². The highest BCUT2D eigenvalue weighted by Gasteiger charge is 2.22. The predicted octanol–water partition coefficient (Wildman–Crippen LogP) is 3.69. The number of aryl methyl sites for hydroxylation is 1. The molecule has 134 valence electrons. The predicted molar refractivity (Wildman–Crippen MR) is 101 cm³/mol. The highest BCUT2D eigenvalue weighted by molar-refractivity contribution is 8.37. The minimum absolute atomic E-state index is 0.0566. The van der Waals surface area contributed by atoms with Gasteiger partial charge in [0.25, 0.3) is 4.45 Å². The maximum Gasteiger partial charge on any atom is 0.419 e. The zero-order valence-corrected chi connectivity index (χ0v) is 15.8. The van der Waals surface area contributed by atoms with Crippen LogP contribution in [0.3, 0.4) is 0 Å². The number of fused-ring (bicyclic) bond motifs is 1. The summed E-state index contributed by atoms with van der Waals surface area (Å²) >= 11 is 2.25. The Balaban J connectivity index is 1.59. The number of hydrogen-bond acceptors (Lipinski definition) is 7. The van der Waals surface area contributed by atoms with Crippen LogP contribution in [-0.2, 0) is 7.05 Å². The number of carbonyl (C=O) groups is 2. The number of oxazole rings is 1. The molecule has 0 N–H and O–H groups in total. The number of nitrogens with zero attached hydrogens (tertiary/aromatic N) is 2. The summed E-state index contributed by atoms with van der Waals surface area (Å²) in [5.74, 6) is -0.511. The number of ketones is 1. The number of piperidine rings is 1. The summed E-state index contributed by atoms with van der Waals surface area (Å²) in [5, 5.41) is 0. The molecule has 1 aromatic heterocycles. The van der Waals surface area contributed by atoms with Crippen LogP contribution in [-0.4, -0.2) is 37.4 Å². The van der Waals surface area contributed by atoms with Gasteiger partial charge in [0.1, 0.15) is 0 Å². The molecule has 3 rings (SSSR count). The van der Waals surface area contributed by atoms with Gasteiger partial charge in [0.05, 0.1) is 11.3 Å². The molecule has 1 aliphatic heterocycles. The van der Waals surface area contributed by atoms with Crippen molar-refractivity contribution in [3.63, 3.8) is 0 Å². The third kappa shape index (κ3) is 4.19.